The van der Waals surface area contributed by atoms with Gasteiger partial charge in [0.2, 0.25) is 11.8 Å². The molecule has 2 amide bonds. The Morgan fingerprint density at radius 1 is 0.810 bits per heavy atom. The first-order valence-electron chi connectivity index (χ1n) is 13.5. The molecule has 0 spiro atoms. The van der Waals surface area contributed by atoms with E-state index in [0.717, 1.165) is 21.0 Å². The van der Waals surface area contributed by atoms with Crippen molar-refractivity contribution < 1.29 is 22.4 Å². The van der Waals surface area contributed by atoms with Crippen LogP contribution >= 0.6 is 0 Å². The van der Waals surface area contributed by atoms with Crippen molar-refractivity contribution in [1.82, 2.24) is 10.2 Å². The van der Waals surface area contributed by atoms with Crippen LogP contribution in [-0.4, -0.2) is 44.8 Å². The first-order valence-corrected chi connectivity index (χ1v) is 15.0. The third kappa shape index (κ3) is 7.22. The zero-order valence-electron chi connectivity index (χ0n) is 23.8. The lowest BCUT2D eigenvalue weighted by Gasteiger charge is -2.33. The Bertz CT molecular complexity index is 1630. The van der Waals surface area contributed by atoms with Gasteiger partial charge in [0, 0.05) is 20.0 Å². The lowest BCUT2D eigenvalue weighted by molar-refractivity contribution is -0.139. The molecule has 1 N–H and O–H groups in total. The molecule has 0 aliphatic rings. The van der Waals surface area contributed by atoms with E-state index in [1.54, 1.807) is 42.5 Å². The molecule has 0 saturated heterocycles. The average molecular weight is 588 g/mol. The topological polar surface area (TPSA) is 86.8 Å². The number of carbonyl (C=O) groups is 2. The van der Waals surface area contributed by atoms with Crippen molar-refractivity contribution in [3.63, 3.8) is 0 Å². The number of aryl methyl sites for hydroxylation is 2. The minimum absolute atomic E-state index is 0.0316. The summed E-state index contributed by atoms with van der Waals surface area (Å²) < 4.78 is 42.7. The van der Waals surface area contributed by atoms with Gasteiger partial charge in [-0.25, -0.2) is 12.8 Å². The van der Waals surface area contributed by atoms with E-state index in [1.807, 2.05) is 50.2 Å². The molecule has 1 unspecified atom stereocenters. The van der Waals surface area contributed by atoms with E-state index >= 15 is 0 Å². The number of anilines is 1. The van der Waals surface area contributed by atoms with Crippen molar-refractivity contribution in [3.8, 4) is 0 Å². The number of hydrogen-bond acceptors (Lipinski definition) is 4. The SMILES string of the molecule is CNC(=O)C(Cc1ccccc1)N(Cc1ccc(F)cc1)C(=O)CN(c1ccc(C)c(C)c1)S(=O)(=O)c1ccccc1. The summed E-state index contributed by atoms with van der Waals surface area (Å²) in [6.45, 7) is 3.21. The van der Waals surface area contributed by atoms with E-state index in [9.17, 15) is 22.4 Å². The van der Waals surface area contributed by atoms with Crippen LogP contribution in [0, 0.1) is 19.7 Å². The van der Waals surface area contributed by atoms with Crippen LogP contribution in [0.5, 0.6) is 0 Å². The van der Waals surface area contributed by atoms with Crippen molar-refractivity contribution in [2.75, 3.05) is 17.9 Å². The summed E-state index contributed by atoms with van der Waals surface area (Å²) in [4.78, 5) is 28.9. The molecule has 4 rings (SSSR count). The fraction of sp³-hybridized carbons (Fsp3) is 0.212. The highest BCUT2D eigenvalue weighted by molar-refractivity contribution is 7.92. The van der Waals surface area contributed by atoms with E-state index in [2.05, 4.69) is 5.32 Å². The zero-order chi connectivity index (χ0) is 30.3. The fourth-order valence-corrected chi connectivity index (χ4v) is 6.06. The van der Waals surface area contributed by atoms with Crippen LogP contribution in [0.1, 0.15) is 22.3 Å². The summed E-state index contributed by atoms with van der Waals surface area (Å²) >= 11 is 0. The number of nitrogens with zero attached hydrogens (tertiary/aromatic N) is 2. The van der Waals surface area contributed by atoms with E-state index < -0.39 is 40.2 Å². The van der Waals surface area contributed by atoms with Crippen molar-refractivity contribution in [1.29, 1.82) is 0 Å². The molecular formula is C33H34FN3O4S. The summed E-state index contributed by atoms with van der Waals surface area (Å²) in [6, 6.07) is 27.1. The van der Waals surface area contributed by atoms with E-state index in [0.29, 0.717) is 11.3 Å². The third-order valence-corrected chi connectivity index (χ3v) is 8.96. The van der Waals surface area contributed by atoms with Crippen LogP contribution in [0.3, 0.4) is 0 Å². The summed E-state index contributed by atoms with van der Waals surface area (Å²) in [6.07, 6.45) is 0.197. The van der Waals surface area contributed by atoms with Crippen LogP contribution in [0.25, 0.3) is 0 Å². The molecule has 0 radical (unpaired) electrons. The number of sulfonamides is 1. The second-order valence-corrected chi connectivity index (χ2v) is 11.9. The molecule has 218 valence electrons. The van der Waals surface area contributed by atoms with Crippen LogP contribution in [0.4, 0.5) is 10.1 Å². The van der Waals surface area contributed by atoms with Gasteiger partial charge in [-0.3, -0.25) is 13.9 Å². The van der Waals surface area contributed by atoms with Crippen LogP contribution in [0.2, 0.25) is 0 Å². The molecule has 0 aliphatic heterocycles. The molecular weight excluding hydrogens is 553 g/mol. The first-order chi connectivity index (χ1) is 20.1. The van der Waals surface area contributed by atoms with Crippen molar-refractivity contribution in [3.05, 3.63) is 131 Å². The van der Waals surface area contributed by atoms with Gasteiger partial charge in [0.05, 0.1) is 10.6 Å². The number of hydrogen-bond donors (Lipinski definition) is 1. The number of benzene rings is 4. The fourth-order valence-electron chi connectivity index (χ4n) is 4.64. The van der Waals surface area contributed by atoms with Gasteiger partial charge in [0.15, 0.2) is 0 Å². The monoisotopic (exact) mass is 587 g/mol. The predicted octanol–water partition coefficient (Wildman–Crippen LogP) is 5.02. The Labute approximate surface area is 246 Å². The van der Waals surface area contributed by atoms with Gasteiger partial charge in [-0.1, -0.05) is 66.7 Å². The third-order valence-electron chi connectivity index (χ3n) is 7.17. The van der Waals surface area contributed by atoms with Crippen LogP contribution < -0.4 is 9.62 Å². The average Bonchev–Trinajstić information content (AvgIpc) is 3.00. The number of halogens is 1. The maximum absolute atomic E-state index is 14.2. The highest BCUT2D eigenvalue weighted by Crippen LogP contribution is 2.27. The highest BCUT2D eigenvalue weighted by Gasteiger charge is 2.34. The summed E-state index contributed by atoms with van der Waals surface area (Å²) in [5.74, 6) is -1.42. The van der Waals surface area contributed by atoms with E-state index in [1.165, 1.54) is 36.2 Å². The van der Waals surface area contributed by atoms with Gasteiger partial charge in [0.25, 0.3) is 10.0 Å². The lowest BCUT2D eigenvalue weighted by atomic mass is 10.0. The molecule has 0 aliphatic carbocycles. The molecule has 0 heterocycles. The number of carbonyl (C=O) groups excluding carboxylic acids is 2. The van der Waals surface area contributed by atoms with Gasteiger partial charge in [-0.2, -0.15) is 0 Å². The Balaban J connectivity index is 1.79. The van der Waals surface area contributed by atoms with Gasteiger partial charge in [-0.05, 0) is 72.5 Å². The van der Waals surface area contributed by atoms with Crippen molar-refractivity contribution in [2.45, 2.75) is 37.8 Å². The van der Waals surface area contributed by atoms with Crippen molar-refractivity contribution >= 4 is 27.5 Å². The molecule has 4 aromatic carbocycles. The van der Waals surface area contributed by atoms with Crippen LogP contribution in [0.15, 0.2) is 108 Å². The number of likely N-dealkylation sites (N-methyl/N-ethyl adjacent to an activating group) is 1. The molecule has 1 atom stereocenters. The van der Waals surface area contributed by atoms with E-state index in [4.69, 9.17) is 0 Å². The quantitative estimate of drug-likeness (QED) is 0.267. The molecule has 7 nitrogen and oxygen atoms in total. The first kappa shape index (κ1) is 30.5. The predicted molar refractivity (Wildman–Crippen MR) is 162 cm³/mol. The highest BCUT2D eigenvalue weighted by atomic mass is 32.2. The van der Waals surface area contributed by atoms with Gasteiger partial charge < -0.3 is 10.2 Å². The Kier molecular flexibility index (Phi) is 9.75. The van der Waals surface area contributed by atoms with Gasteiger partial charge >= 0.3 is 0 Å². The molecule has 0 saturated carbocycles. The largest absolute Gasteiger partial charge is 0.357 e. The minimum atomic E-state index is -4.17. The smallest absolute Gasteiger partial charge is 0.264 e. The number of rotatable bonds is 11. The normalized spacial score (nSPS) is 11.9. The van der Waals surface area contributed by atoms with Gasteiger partial charge in [0.1, 0.15) is 18.4 Å². The minimum Gasteiger partial charge on any atom is -0.357 e. The Morgan fingerprint density at radius 2 is 1.43 bits per heavy atom. The zero-order valence-corrected chi connectivity index (χ0v) is 24.6. The molecule has 9 heteroatoms. The molecule has 0 bridgehead atoms. The van der Waals surface area contributed by atoms with Crippen molar-refractivity contribution in [2.24, 2.45) is 0 Å². The second-order valence-electron chi connectivity index (χ2n) is 10.1. The van der Waals surface area contributed by atoms with E-state index in [-0.39, 0.29) is 17.9 Å². The second kappa shape index (κ2) is 13.4. The summed E-state index contributed by atoms with van der Waals surface area (Å²) in [7, 11) is -2.68. The standard InChI is InChI=1S/C33H34FN3O4S/c1-24-14-19-29(20-25(24)2)37(42(40,41)30-12-8-5-9-13-30)23-32(38)36(22-27-15-17-28(34)18-16-27)31(33(39)35-3)21-26-10-6-4-7-11-26/h4-20,31H,21-23H2,1-3H3,(H,35,39). The maximum atomic E-state index is 14.2. The molecule has 4 aromatic rings. The summed E-state index contributed by atoms with van der Waals surface area (Å²) in [5.41, 5.74) is 3.59. The molecule has 42 heavy (non-hydrogen) atoms. The Hall–Kier alpha value is -4.50. The van der Waals surface area contributed by atoms with Gasteiger partial charge in [-0.15, -0.1) is 0 Å². The molecule has 0 aromatic heterocycles. The summed E-state index contributed by atoms with van der Waals surface area (Å²) in [5, 5.41) is 2.65. The Morgan fingerprint density at radius 3 is 2.02 bits per heavy atom. The molecule has 0 fully saturated rings. The van der Waals surface area contributed by atoms with Crippen LogP contribution in [-0.2, 0) is 32.6 Å². The number of amides is 2. The maximum Gasteiger partial charge on any atom is 0.264 e. The number of nitrogens with one attached hydrogen (secondary N) is 1. The lowest BCUT2D eigenvalue weighted by Crippen LogP contribution is -2.53.